The second-order valence-electron chi connectivity index (χ2n) is 5.51. The van der Waals surface area contributed by atoms with Crippen molar-refractivity contribution >= 4 is 21.6 Å². The molecule has 1 aromatic heterocycles. The van der Waals surface area contributed by atoms with Crippen LogP contribution in [0.3, 0.4) is 0 Å². The molecule has 0 bridgehead atoms. The standard InChI is InChI=1S/C18H22N2O3S/c1-5-12-20-14(4)13(3)17(18(20)19-16(21)6-2)24(22,23)15-10-8-7-9-11-15/h5,7-11H,1,6,12H2,2-4H3,(H,19,21). The van der Waals surface area contributed by atoms with Gasteiger partial charge in [-0.05, 0) is 31.5 Å². The maximum Gasteiger partial charge on any atom is 0.225 e. The predicted octanol–water partition coefficient (Wildman–Crippen LogP) is 3.47. The molecule has 6 heteroatoms. The van der Waals surface area contributed by atoms with Crippen LogP contribution in [-0.2, 0) is 21.2 Å². The Kier molecular flexibility index (Phi) is 5.29. The van der Waals surface area contributed by atoms with Gasteiger partial charge in [-0.2, -0.15) is 0 Å². The van der Waals surface area contributed by atoms with Crippen LogP contribution in [0.15, 0.2) is 52.8 Å². The van der Waals surface area contributed by atoms with Crippen LogP contribution in [0.5, 0.6) is 0 Å². The molecule has 0 saturated carbocycles. The molecule has 0 spiro atoms. The summed E-state index contributed by atoms with van der Waals surface area (Å²) in [7, 11) is -3.74. The Hall–Kier alpha value is -2.34. The average molecular weight is 346 g/mol. The number of hydrogen-bond acceptors (Lipinski definition) is 3. The van der Waals surface area contributed by atoms with Crippen molar-refractivity contribution < 1.29 is 13.2 Å². The zero-order valence-corrected chi connectivity index (χ0v) is 15.0. The third kappa shape index (κ3) is 3.14. The Morgan fingerprint density at radius 3 is 2.42 bits per heavy atom. The first-order valence-corrected chi connectivity index (χ1v) is 9.23. The minimum Gasteiger partial charge on any atom is -0.327 e. The van der Waals surface area contributed by atoms with E-state index in [4.69, 9.17) is 0 Å². The van der Waals surface area contributed by atoms with Crippen molar-refractivity contribution in [1.29, 1.82) is 0 Å². The minimum atomic E-state index is -3.74. The molecule has 0 fully saturated rings. The maximum atomic E-state index is 13.1. The van der Waals surface area contributed by atoms with E-state index in [0.717, 1.165) is 5.69 Å². The molecular formula is C18H22N2O3S. The zero-order chi connectivity index (χ0) is 17.9. The third-order valence-electron chi connectivity index (χ3n) is 3.99. The number of carbonyl (C=O) groups excluding carboxylic acids is 1. The molecular weight excluding hydrogens is 324 g/mol. The average Bonchev–Trinajstić information content (AvgIpc) is 2.81. The van der Waals surface area contributed by atoms with Crippen LogP contribution in [0.2, 0.25) is 0 Å². The molecule has 0 unspecified atom stereocenters. The Balaban J connectivity index is 2.75. The molecule has 0 aliphatic rings. The van der Waals surface area contributed by atoms with Crippen LogP contribution in [0.25, 0.3) is 0 Å². The second kappa shape index (κ2) is 7.05. The molecule has 5 nitrogen and oxygen atoms in total. The van der Waals surface area contributed by atoms with E-state index in [1.54, 1.807) is 54.8 Å². The zero-order valence-electron chi connectivity index (χ0n) is 14.2. The molecule has 2 rings (SSSR count). The van der Waals surface area contributed by atoms with Gasteiger partial charge in [0.2, 0.25) is 15.7 Å². The lowest BCUT2D eigenvalue weighted by molar-refractivity contribution is -0.115. The SMILES string of the molecule is C=CCn1c(C)c(C)c(S(=O)(=O)c2ccccc2)c1NC(=O)CC. The van der Waals surface area contributed by atoms with Crippen LogP contribution in [0.1, 0.15) is 24.6 Å². The largest absolute Gasteiger partial charge is 0.327 e. The summed E-state index contributed by atoms with van der Waals surface area (Å²) >= 11 is 0. The Morgan fingerprint density at radius 2 is 1.88 bits per heavy atom. The number of allylic oxidation sites excluding steroid dienone is 1. The van der Waals surface area contributed by atoms with E-state index in [1.165, 1.54) is 0 Å². The summed E-state index contributed by atoms with van der Waals surface area (Å²) in [5.74, 6) is 0.0722. The number of sulfone groups is 1. The molecule has 1 heterocycles. The number of anilines is 1. The van der Waals surface area contributed by atoms with Crippen molar-refractivity contribution in [3.63, 3.8) is 0 Å². The maximum absolute atomic E-state index is 13.1. The van der Waals surface area contributed by atoms with E-state index in [0.29, 0.717) is 17.9 Å². The number of amides is 1. The summed E-state index contributed by atoms with van der Waals surface area (Å²) in [4.78, 5) is 12.3. The van der Waals surface area contributed by atoms with Crippen LogP contribution in [0, 0.1) is 13.8 Å². The molecule has 0 atom stereocenters. The van der Waals surface area contributed by atoms with E-state index in [2.05, 4.69) is 11.9 Å². The Bertz CT molecular complexity index is 865. The topological polar surface area (TPSA) is 68.2 Å². The van der Waals surface area contributed by atoms with Crippen molar-refractivity contribution in [2.45, 2.75) is 43.5 Å². The smallest absolute Gasteiger partial charge is 0.225 e. The lowest BCUT2D eigenvalue weighted by atomic mass is 10.3. The molecule has 1 aromatic carbocycles. The number of carbonyl (C=O) groups is 1. The molecule has 0 aliphatic carbocycles. The van der Waals surface area contributed by atoms with Gasteiger partial charge < -0.3 is 9.88 Å². The van der Waals surface area contributed by atoms with Crippen molar-refractivity contribution in [3.8, 4) is 0 Å². The van der Waals surface area contributed by atoms with E-state index in [1.807, 2.05) is 6.92 Å². The monoisotopic (exact) mass is 346 g/mol. The number of aromatic nitrogens is 1. The lowest BCUT2D eigenvalue weighted by Gasteiger charge is -2.12. The highest BCUT2D eigenvalue weighted by molar-refractivity contribution is 7.91. The van der Waals surface area contributed by atoms with Gasteiger partial charge in [0.1, 0.15) is 10.7 Å². The highest BCUT2D eigenvalue weighted by Gasteiger charge is 2.29. The van der Waals surface area contributed by atoms with Gasteiger partial charge in [-0.3, -0.25) is 4.79 Å². The van der Waals surface area contributed by atoms with Gasteiger partial charge in [-0.15, -0.1) is 6.58 Å². The van der Waals surface area contributed by atoms with Crippen LogP contribution >= 0.6 is 0 Å². The number of hydrogen-bond donors (Lipinski definition) is 1. The van der Waals surface area contributed by atoms with E-state index in [9.17, 15) is 13.2 Å². The number of nitrogens with one attached hydrogen (secondary N) is 1. The molecule has 0 saturated heterocycles. The molecule has 2 aromatic rings. The first-order valence-electron chi connectivity index (χ1n) is 7.75. The first kappa shape index (κ1) is 18.0. The predicted molar refractivity (Wildman–Crippen MR) is 94.9 cm³/mol. The third-order valence-corrected chi connectivity index (χ3v) is 5.92. The molecule has 1 amide bonds. The summed E-state index contributed by atoms with van der Waals surface area (Å²) in [6.07, 6.45) is 1.94. The fraction of sp³-hybridized carbons (Fsp3) is 0.278. The number of rotatable bonds is 6. The summed E-state index contributed by atoms with van der Waals surface area (Å²) in [6.45, 7) is 9.44. The van der Waals surface area contributed by atoms with Crippen molar-refractivity contribution in [1.82, 2.24) is 4.57 Å². The van der Waals surface area contributed by atoms with Crippen molar-refractivity contribution in [2.75, 3.05) is 5.32 Å². The quantitative estimate of drug-likeness (QED) is 0.814. The van der Waals surface area contributed by atoms with Crippen LogP contribution in [0.4, 0.5) is 5.82 Å². The number of benzene rings is 1. The summed E-state index contributed by atoms with van der Waals surface area (Å²) in [5.41, 5.74) is 1.42. The van der Waals surface area contributed by atoms with Gasteiger partial charge in [0.05, 0.1) is 4.90 Å². The van der Waals surface area contributed by atoms with E-state index >= 15 is 0 Å². The van der Waals surface area contributed by atoms with Crippen molar-refractivity contribution in [2.24, 2.45) is 0 Å². The van der Waals surface area contributed by atoms with Gasteiger partial charge in [0.25, 0.3) is 0 Å². The molecule has 0 aliphatic heterocycles. The Morgan fingerprint density at radius 1 is 1.25 bits per heavy atom. The number of nitrogens with zero attached hydrogens (tertiary/aromatic N) is 1. The van der Waals surface area contributed by atoms with E-state index < -0.39 is 9.84 Å². The fourth-order valence-electron chi connectivity index (χ4n) is 2.58. The summed E-state index contributed by atoms with van der Waals surface area (Å²) < 4.78 is 28.0. The van der Waals surface area contributed by atoms with Gasteiger partial charge >= 0.3 is 0 Å². The molecule has 1 N–H and O–H groups in total. The second-order valence-corrected chi connectivity index (χ2v) is 7.39. The summed E-state index contributed by atoms with van der Waals surface area (Å²) in [5, 5.41) is 2.75. The van der Waals surface area contributed by atoms with Gasteiger partial charge in [-0.25, -0.2) is 8.42 Å². The summed E-state index contributed by atoms with van der Waals surface area (Å²) in [6, 6.07) is 8.24. The molecule has 24 heavy (non-hydrogen) atoms. The normalized spacial score (nSPS) is 11.3. The van der Waals surface area contributed by atoms with Crippen LogP contribution < -0.4 is 5.32 Å². The highest BCUT2D eigenvalue weighted by atomic mass is 32.2. The highest BCUT2D eigenvalue weighted by Crippen LogP contribution is 2.35. The Labute approximate surface area is 142 Å². The first-order chi connectivity index (χ1) is 11.3. The van der Waals surface area contributed by atoms with E-state index in [-0.39, 0.29) is 22.1 Å². The lowest BCUT2D eigenvalue weighted by Crippen LogP contribution is -2.16. The van der Waals surface area contributed by atoms with Crippen molar-refractivity contribution in [3.05, 3.63) is 54.2 Å². The van der Waals surface area contributed by atoms with Gasteiger partial charge in [0, 0.05) is 18.7 Å². The minimum absolute atomic E-state index is 0.148. The molecule has 0 radical (unpaired) electrons. The molecule has 128 valence electrons. The van der Waals surface area contributed by atoms with Gasteiger partial charge in [-0.1, -0.05) is 31.2 Å². The van der Waals surface area contributed by atoms with Crippen LogP contribution in [-0.4, -0.2) is 18.9 Å². The van der Waals surface area contributed by atoms with Gasteiger partial charge in [0.15, 0.2) is 0 Å². The fourth-order valence-corrected chi connectivity index (χ4v) is 4.30.